The van der Waals surface area contributed by atoms with E-state index in [1.807, 2.05) is 0 Å². The maximum atomic E-state index is 10.5. The Morgan fingerprint density at radius 3 is 1.45 bits per heavy atom. The van der Waals surface area contributed by atoms with E-state index in [-0.39, 0.29) is 11.9 Å². The van der Waals surface area contributed by atoms with Gasteiger partial charge in [0.15, 0.2) is 0 Å². The van der Waals surface area contributed by atoms with E-state index in [9.17, 15) is 9.59 Å². The van der Waals surface area contributed by atoms with Crippen LogP contribution in [-0.4, -0.2) is 25.2 Å². The quantitative estimate of drug-likeness (QED) is 0.311. The molecule has 0 aliphatic heterocycles. The molecule has 0 bridgehead atoms. The van der Waals surface area contributed by atoms with Crippen molar-refractivity contribution in [3.8, 4) is 0 Å². The minimum Gasteiger partial charge on any atom is -0.466 e. The molecule has 0 aliphatic rings. The van der Waals surface area contributed by atoms with Gasteiger partial charge in [-0.3, -0.25) is 9.59 Å². The lowest BCUT2D eigenvalue weighted by Gasteiger charge is -2.01. The van der Waals surface area contributed by atoms with E-state index in [2.05, 4.69) is 12.2 Å². The summed E-state index contributed by atoms with van der Waals surface area (Å²) >= 11 is 0. The second kappa shape index (κ2) is 14.1. The van der Waals surface area contributed by atoms with Crippen molar-refractivity contribution >= 4 is 11.9 Å². The summed E-state index contributed by atoms with van der Waals surface area (Å²) in [6.07, 6.45) is 13.0. The first-order valence-electron chi connectivity index (χ1n) is 7.54. The van der Waals surface area contributed by atoms with Gasteiger partial charge in [0.2, 0.25) is 0 Å². The Hall–Kier alpha value is -1.32. The van der Waals surface area contributed by atoms with Gasteiger partial charge in [-0.15, -0.1) is 0 Å². The first-order chi connectivity index (χ1) is 9.63. The monoisotopic (exact) mass is 284 g/mol. The third-order valence-corrected chi connectivity index (χ3v) is 2.81. The largest absolute Gasteiger partial charge is 0.466 e. The zero-order valence-corrected chi connectivity index (χ0v) is 12.9. The van der Waals surface area contributed by atoms with Crippen molar-refractivity contribution in [2.45, 2.75) is 65.2 Å². The molecule has 4 nitrogen and oxygen atoms in total. The molecule has 0 saturated carbocycles. The number of rotatable bonds is 12. The van der Waals surface area contributed by atoms with Crippen molar-refractivity contribution in [2.75, 3.05) is 13.2 Å². The van der Waals surface area contributed by atoms with Gasteiger partial charge in [0.25, 0.3) is 0 Å². The summed E-state index contributed by atoms with van der Waals surface area (Å²) in [7, 11) is 0. The van der Waals surface area contributed by atoms with Crippen LogP contribution in [0.15, 0.2) is 12.2 Å². The van der Waals surface area contributed by atoms with Gasteiger partial charge in [0.05, 0.1) is 13.2 Å². The minimum absolute atomic E-state index is 0.196. The van der Waals surface area contributed by atoms with Gasteiger partial charge < -0.3 is 9.47 Å². The molecule has 0 rings (SSSR count). The summed E-state index contributed by atoms with van der Waals surface area (Å²) in [5.41, 5.74) is 0. The Bertz CT molecular complexity index is 256. The number of allylic oxidation sites excluding steroid dienone is 2. The van der Waals surface area contributed by atoms with Crippen LogP contribution in [0.1, 0.15) is 65.2 Å². The summed E-state index contributed by atoms with van der Waals surface area (Å²) in [5.74, 6) is -0.391. The second-order valence-electron chi connectivity index (χ2n) is 4.85. The lowest BCUT2D eigenvalue weighted by molar-refractivity contribution is -0.142. The highest BCUT2D eigenvalue weighted by Crippen LogP contribution is 2.04. The summed E-state index contributed by atoms with van der Waals surface area (Å²) in [6, 6.07) is 0. The fraction of sp³-hybridized carbons (Fsp3) is 0.750. The van der Waals surface area contributed by atoms with Crippen LogP contribution >= 0.6 is 0 Å². The van der Waals surface area contributed by atoms with E-state index in [1.54, 1.807) is 0 Å². The standard InChI is InChI=1S/C16H28O4/c1-15(17)19-13-11-9-7-5-3-4-6-8-10-12-14-20-16(2)18/h3-4H,5-14H2,1-2H3/b4-3+. The van der Waals surface area contributed by atoms with Crippen LogP contribution in [0.4, 0.5) is 0 Å². The zero-order valence-electron chi connectivity index (χ0n) is 12.9. The van der Waals surface area contributed by atoms with E-state index >= 15 is 0 Å². The van der Waals surface area contributed by atoms with Crippen LogP contribution in [0.25, 0.3) is 0 Å². The highest BCUT2D eigenvalue weighted by molar-refractivity contribution is 5.66. The number of hydrogen-bond acceptors (Lipinski definition) is 4. The van der Waals surface area contributed by atoms with Crippen molar-refractivity contribution in [3.05, 3.63) is 12.2 Å². The van der Waals surface area contributed by atoms with E-state index < -0.39 is 0 Å². The molecule has 0 aliphatic carbocycles. The third kappa shape index (κ3) is 16.7. The fourth-order valence-electron chi connectivity index (χ4n) is 1.75. The normalized spacial score (nSPS) is 10.7. The molecule has 0 unspecified atom stereocenters. The number of carbonyl (C=O) groups excluding carboxylic acids is 2. The molecular formula is C16H28O4. The molecule has 0 atom stereocenters. The number of ether oxygens (including phenoxy) is 2. The predicted octanol–water partition coefficient (Wildman–Crippen LogP) is 3.79. The molecule has 0 heterocycles. The molecule has 0 radical (unpaired) electrons. The molecule has 0 aromatic rings. The fourth-order valence-corrected chi connectivity index (χ4v) is 1.75. The van der Waals surface area contributed by atoms with Crippen molar-refractivity contribution in [3.63, 3.8) is 0 Å². The number of carbonyl (C=O) groups is 2. The van der Waals surface area contributed by atoms with Crippen molar-refractivity contribution in [1.82, 2.24) is 0 Å². The van der Waals surface area contributed by atoms with E-state index in [1.165, 1.54) is 13.8 Å². The Morgan fingerprint density at radius 2 is 1.10 bits per heavy atom. The van der Waals surface area contributed by atoms with Gasteiger partial charge >= 0.3 is 11.9 Å². The van der Waals surface area contributed by atoms with E-state index in [4.69, 9.17) is 9.47 Å². The number of unbranched alkanes of at least 4 members (excludes halogenated alkanes) is 6. The zero-order chi connectivity index (χ0) is 15.1. The average molecular weight is 284 g/mol. The van der Waals surface area contributed by atoms with Gasteiger partial charge in [-0.1, -0.05) is 12.2 Å². The lowest BCUT2D eigenvalue weighted by atomic mass is 10.1. The summed E-state index contributed by atoms with van der Waals surface area (Å²) in [6.45, 7) is 3.97. The Balaban J connectivity index is 3.12. The molecule has 0 fully saturated rings. The maximum absolute atomic E-state index is 10.5. The average Bonchev–Trinajstić information content (AvgIpc) is 2.38. The third-order valence-electron chi connectivity index (χ3n) is 2.81. The summed E-state index contributed by atoms with van der Waals surface area (Å²) < 4.78 is 9.72. The molecule has 0 aromatic carbocycles. The van der Waals surface area contributed by atoms with E-state index in [0.717, 1.165) is 51.4 Å². The van der Waals surface area contributed by atoms with Crippen LogP contribution in [0, 0.1) is 0 Å². The molecule has 0 N–H and O–H groups in total. The van der Waals surface area contributed by atoms with Gasteiger partial charge in [0.1, 0.15) is 0 Å². The van der Waals surface area contributed by atoms with Crippen LogP contribution in [0.5, 0.6) is 0 Å². The molecular weight excluding hydrogens is 256 g/mol. The molecule has 0 saturated heterocycles. The predicted molar refractivity (Wildman–Crippen MR) is 79.3 cm³/mol. The summed E-state index contributed by atoms with van der Waals surface area (Å²) in [4.78, 5) is 21.0. The van der Waals surface area contributed by atoms with Gasteiger partial charge in [0, 0.05) is 13.8 Å². The van der Waals surface area contributed by atoms with Crippen LogP contribution in [0.3, 0.4) is 0 Å². The van der Waals surface area contributed by atoms with Gasteiger partial charge in [-0.25, -0.2) is 0 Å². The van der Waals surface area contributed by atoms with Gasteiger partial charge in [-0.2, -0.15) is 0 Å². The molecule has 0 spiro atoms. The number of hydrogen-bond donors (Lipinski definition) is 0. The smallest absolute Gasteiger partial charge is 0.302 e. The molecule has 0 aromatic heterocycles. The van der Waals surface area contributed by atoms with Gasteiger partial charge in [-0.05, 0) is 51.4 Å². The Morgan fingerprint density at radius 1 is 0.700 bits per heavy atom. The molecule has 20 heavy (non-hydrogen) atoms. The Labute approximate surface area is 122 Å². The first kappa shape index (κ1) is 18.7. The second-order valence-corrected chi connectivity index (χ2v) is 4.85. The highest BCUT2D eigenvalue weighted by Gasteiger charge is 1.93. The molecule has 4 heteroatoms. The van der Waals surface area contributed by atoms with Crippen molar-refractivity contribution in [1.29, 1.82) is 0 Å². The van der Waals surface area contributed by atoms with Crippen LogP contribution < -0.4 is 0 Å². The minimum atomic E-state index is -0.196. The Kier molecular flexibility index (Phi) is 13.2. The summed E-state index contributed by atoms with van der Waals surface area (Å²) in [5, 5.41) is 0. The molecule has 116 valence electrons. The maximum Gasteiger partial charge on any atom is 0.302 e. The van der Waals surface area contributed by atoms with Crippen molar-refractivity contribution < 1.29 is 19.1 Å². The van der Waals surface area contributed by atoms with Crippen LogP contribution in [0.2, 0.25) is 0 Å². The highest BCUT2D eigenvalue weighted by atomic mass is 16.5. The number of esters is 2. The van der Waals surface area contributed by atoms with Crippen molar-refractivity contribution in [2.24, 2.45) is 0 Å². The van der Waals surface area contributed by atoms with E-state index in [0.29, 0.717) is 13.2 Å². The SMILES string of the molecule is CC(=O)OCCCCC/C=C/CCCCCOC(C)=O. The lowest BCUT2D eigenvalue weighted by Crippen LogP contribution is -2.00. The van der Waals surface area contributed by atoms with Crippen LogP contribution in [-0.2, 0) is 19.1 Å². The molecule has 0 amide bonds. The first-order valence-corrected chi connectivity index (χ1v) is 7.54. The topological polar surface area (TPSA) is 52.6 Å².